The minimum absolute atomic E-state index is 0.361. The van der Waals surface area contributed by atoms with Crippen molar-refractivity contribution < 1.29 is 9.59 Å². The van der Waals surface area contributed by atoms with Crippen molar-refractivity contribution in [2.45, 2.75) is 77.3 Å². The van der Waals surface area contributed by atoms with Gasteiger partial charge in [-0.05, 0) is 80.0 Å². The van der Waals surface area contributed by atoms with Crippen LogP contribution >= 0.6 is 0 Å². The predicted molar refractivity (Wildman–Crippen MR) is 117 cm³/mol. The number of hydrogen-bond acceptors (Lipinski definition) is 4. The first-order valence-corrected chi connectivity index (χ1v) is 10.8. The Hall–Kier alpha value is -1.92. The molecule has 2 saturated carbocycles. The Labute approximate surface area is 174 Å². The maximum Gasteiger partial charge on any atom is 0.248 e. The van der Waals surface area contributed by atoms with Crippen molar-refractivity contribution in [2.24, 2.45) is 40.2 Å². The van der Waals surface area contributed by atoms with E-state index in [1.165, 1.54) is 82.1 Å². The third-order valence-corrected chi connectivity index (χ3v) is 6.81. The highest BCUT2D eigenvalue weighted by molar-refractivity contribution is 5.96. The molecule has 0 radical (unpaired) electrons. The Morgan fingerprint density at radius 1 is 0.793 bits per heavy atom. The van der Waals surface area contributed by atoms with E-state index in [0.29, 0.717) is 28.4 Å². The largest absolute Gasteiger partial charge is 0.366 e. The molecule has 2 aliphatic carbocycles. The highest BCUT2D eigenvalue weighted by Gasteiger charge is 2.41. The van der Waals surface area contributed by atoms with E-state index in [2.05, 4.69) is 13.8 Å². The van der Waals surface area contributed by atoms with E-state index in [4.69, 9.17) is 22.9 Å². The molecule has 0 saturated heterocycles. The van der Waals surface area contributed by atoms with E-state index in [9.17, 15) is 9.59 Å². The first-order valence-electron chi connectivity index (χ1n) is 10.8. The standard InChI is InChI=1S/C15H30N2.C8H8N2O2/c1-14(2)10-8-13(9-11-14)15(16,17)12-6-4-3-5-7-12;9-7(11)5-1-2-6(4-3-5)8(10)12/h12-13H,3-11,16-17H2,1-2H3;1-4H,(H2,9,11)(H2,10,12). The predicted octanol–water partition coefficient (Wildman–Crippen LogP) is 3.28. The molecule has 1 aromatic carbocycles. The smallest absolute Gasteiger partial charge is 0.248 e. The molecular weight excluding hydrogens is 364 g/mol. The Kier molecular flexibility index (Phi) is 7.83. The van der Waals surface area contributed by atoms with Gasteiger partial charge in [0.1, 0.15) is 0 Å². The summed E-state index contributed by atoms with van der Waals surface area (Å²) < 4.78 is 0. The molecule has 8 N–H and O–H groups in total. The molecule has 6 heteroatoms. The molecule has 0 aliphatic heterocycles. The Balaban J connectivity index is 0.000000221. The minimum Gasteiger partial charge on any atom is -0.366 e. The summed E-state index contributed by atoms with van der Waals surface area (Å²) in [6.45, 7) is 4.75. The molecule has 2 fully saturated rings. The van der Waals surface area contributed by atoms with Gasteiger partial charge in [0.05, 0.1) is 5.66 Å². The molecule has 0 atom stereocenters. The van der Waals surface area contributed by atoms with E-state index in [1.807, 2.05) is 0 Å². The van der Waals surface area contributed by atoms with Gasteiger partial charge in [-0.2, -0.15) is 0 Å². The molecule has 0 heterocycles. The summed E-state index contributed by atoms with van der Waals surface area (Å²) in [6.07, 6.45) is 11.6. The van der Waals surface area contributed by atoms with Crippen molar-refractivity contribution in [3.8, 4) is 0 Å². The number of amides is 2. The van der Waals surface area contributed by atoms with Gasteiger partial charge in [0, 0.05) is 11.1 Å². The SMILES string of the molecule is CC1(C)CCC(C(N)(N)C2CCCCC2)CC1.NC(=O)c1ccc(C(N)=O)cc1. The van der Waals surface area contributed by atoms with Crippen LogP contribution in [0.3, 0.4) is 0 Å². The maximum atomic E-state index is 10.6. The van der Waals surface area contributed by atoms with Crippen LogP contribution < -0.4 is 22.9 Å². The van der Waals surface area contributed by atoms with Crippen LogP contribution in [0.25, 0.3) is 0 Å². The number of hydrogen-bond donors (Lipinski definition) is 4. The number of rotatable bonds is 4. The summed E-state index contributed by atoms with van der Waals surface area (Å²) in [4.78, 5) is 21.2. The quantitative estimate of drug-likeness (QED) is 0.574. The fourth-order valence-corrected chi connectivity index (χ4v) is 4.63. The van der Waals surface area contributed by atoms with Gasteiger partial charge in [-0.1, -0.05) is 33.1 Å². The van der Waals surface area contributed by atoms with Gasteiger partial charge < -0.3 is 22.9 Å². The molecule has 3 rings (SSSR count). The Bertz CT molecular complexity index is 648. The highest BCUT2D eigenvalue weighted by Crippen LogP contribution is 2.44. The molecule has 2 amide bonds. The van der Waals surface area contributed by atoms with E-state index >= 15 is 0 Å². The van der Waals surface area contributed by atoms with Gasteiger partial charge in [0.25, 0.3) is 0 Å². The number of primary amides is 2. The Morgan fingerprint density at radius 3 is 1.55 bits per heavy atom. The lowest BCUT2D eigenvalue weighted by Crippen LogP contribution is -2.62. The molecule has 0 unspecified atom stereocenters. The van der Waals surface area contributed by atoms with Crippen LogP contribution in [0.2, 0.25) is 0 Å². The van der Waals surface area contributed by atoms with E-state index in [-0.39, 0.29) is 0 Å². The van der Waals surface area contributed by atoms with Crippen LogP contribution in [0.4, 0.5) is 0 Å². The average Bonchev–Trinajstić information content (AvgIpc) is 2.69. The monoisotopic (exact) mass is 402 g/mol. The van der Waals surface area contributed by atoms with Crippen molar-refractivity contribution in [1.29, 1.82) is 0 Å². The average molecular weight is 403 g/mol. The van der Waals surface area contributed by atoms with Gasteiger partial charge in [-0.25, -0.2) is 0 Å². The second-order valence-electron chi connectivity index (χ2n) is 9.58. The first-order chi connectivity index (χ1) is 13.5. The molecule has 162 valence electrons. The fraction of sp³-hybridized carbons (Fsp3) is 0.652. The number of carbonyl (C=O) groups excluding carboxylic acids is 2. The van der Waals surface area contributed by atoms with Gasteiger partial charge in [0.2, 0.25) is 11.8 Å². The molecule has 1 aromatic rings. The first kappa shape index (κ1) is 23.4. The number of benzene rings is 1. The molecular formula is C23H38N4O2. The molecule has 6 nitrogen and oxygen atoms in total. The minimum atomic E-state index is -0.522. The third kappa shape index (κ3) is 6.54. The van der Waals surface area contributed by atoms with E-state index in [0.717, 1.165) is 0 Å². The summed E-state index contributed by atoms with van der Waals surface area (Å²) in [7, 11) is 0. The summed E-state index contributed by atoms with van der Waals surface area (Å²) in [5.74, 6) is 0.0816. The zero-order chi connectivity index (χ0) is 21.7. The lowest BCUT2D eigenvalue weighted by molar-refractivity contribution is 0.0759. The lowest BCUT2D eigenvalue weighted by Gasteiger charge is -2.46. The van der Waals surface area contributed by atoms with Crippen LogP contribution in [-0.2, 0) is 0 Å². The van der Waals surface area contributed by atoms with Crippen molar-refractivity contribution in [2.75, 3.05) is 0 Å². The summed E-state index contributed by atoms with van der Waals surface area (Å²) in [5, 5.41) is 0. The summed E-state index contributed by atoms with van der Waals surface area (Å²) >= 11 is 0. The van der Waals surface area contributed by atoms with Crippen LogP contribution in [0.5, 0.6) is 0 Å². The van der Waals surface area contributed by atoms with Crippen molar-refractivity contribution in [3.05, 3.63) is 35.4 Å². The van der Waals surface area contributed by atoms with Gasteiger partial charge >= 0.3 is 0 Å². The van der Waals surface area contributed by atoms with Crippen LogP contribution in [0, 0.1) is 17.3 Å². The van der Waals surface area contributed by atoms with Gasteiger partial charge in [0.15, 0.2) is 0 Å². The van der Waals surface area contributed by atoms with Crippen molar-refractivity contribution in [1.82, 2.24) is 0 Å². The fourth-order valence-electron chi connectivity index (χ4n) is 4.63. The zero-order valence-electron chi connectivity index (χ0n) is 18.0. The van der Waals surface area contributed by atoms with Crippen molar-refractivity contribution >= 4 is 11.8 Å². The zero-order valence-corrected chi connectivity index (χ0v) is 18.0. The number of nitrogens with two attached hydrogens (primary N) is 4. The molecule has 0 bridgehead atoms. The normalized spacial score (nSPS) is 20.4. The number of carbonyl (C=O) groups is 2. The lowest BCUT2D eigenvalue weighted by atomic mass is 9.65. The van der Waals surface area contributed by atoms with Crippen LogP contribution in [0.15, 0.2) is 24.3 Å². The van der Waals surface area contributed by atoms with Gasteiger partial charge in [-0.3, -0.25) is 9.59 Å². The molecule has 2 aliphatic rings. The topological polar surface area (TPSA) is 138 Å². The third-order valence-electron chi connectivity index (χ3n) is 6.81. The van der Waals surface area contributed by atoms with Crippen LogP contribution in [-0.4, -0.2) is 17.5 Å². The molecule has 29 heavy (non-hydrogen) atoms. The summed E-state index contributed by atoms with van der Waals surface area (Å²) in [5.41, 5.74) is 23.9. The highest BCUT2D eigenvalue weighted by atomic mass is 16.1. The second kappa shape index (κ2) is 9.72. The van der Waals surface area contributed by atoms with Crippen LogP contribution in [0.1, 0.15) is 92.4 Å². The maximum absolute atomic E-state index is 10.6. The summed E-state index contributed by atoms with van der Waals surface area (Å²) in [6, 6.07) is 5.84. The molecule has 0 aromatic heterocycles. The molecule has 0 spiro atoms. The second-order valence-corrected chi connectivity index (χ2v) is 9.58. The van der Waals surface area contributed by atoms with Gasteiger partial charge in [-0.15, -0.1) is 0 Å². The van der Waals surface area contributed by atoms with Crippen molar-refractivity contribution in [3.63, 3.8) is 0 Å². The Morgan fingerprint density at radius 2 is 1.17 bits per heavy atom. The van der Waals surface area contributed by atoms with E-state index < -0.39 is 17.5 Å². The van der Waals surface area contributed by atoms with E-state index in [1.54, 1.807) is 0 Å².